The molecular formula is C28H32FN5O. The van der Waals surface area contributed by atoms with Gasteiger partial charge in [-0.15, -0.1) is 0 Å². The highest BCUT2D eigenvalue weighted by Crippen LogP contribution is 2.34. The number of nitrogens with one attached hydrogen (secondary N) is 1. The van der Waals surface area contributed by atoms with Crippen LogP contribution in [0.3, 0.4) is 0 Å². The summed E-state index contributed by atoms with van der Waals surface area (Å²) in [5.74, 6) is 1.87. The highest BCUT2D eigenvalue weighted by Gasteiger charge is 2.27. The first-order chi connectivity index (χ1) is 17.0. The SMILES string of the molecule is CCN1CCC(CC(=O)N2C=Cn3c(nc(-c4ccc(F)cc4)c3Nc3ccc(C)cc3)C2)CC1. The summed E-state index contributed by atoms with van der Waals surface area (Å²) in [6, 6.07) is 14.5. The van der Waals surface area contributed by atoms with E-state index in [2.05, 4.69) is 36.2 Å². The molecule has 0 atom stereocenters. The Morgan fingerprint density at radius 1 is 1.06 bits per heavy atom. The van der Waals surface area contributed by atoms with Crippen molar-refractivity contribution in [3.63, 3.8) is 0 Å². The predicted molar refractivity (Wildman–Crippen MR) is 137 cm³/mol. The van der Waals surface area contributed by atoms with Gasteiger partial charge in [0.1, 0.15) is 23.2 Å². The van der Waals surface area contributed by atoms with Gasteiger partial charge >= 0.3 is 0 Å². The van der Waals surface area contributed by atoms with Gasteiger partial charge in [0.25, 0.3) is 0 Å². The van der Waals surface area contributed by atoms with Crippen molar-refractivity contribution in [3.8, 4) is 11.3 Å². The lowest BCUT2D eigenvalue weighted by molar-refractivity contribution is -0.130. The fourth-order valence-electron chi connectivity index (χ4n) is 4.85. The summed E-state index contributed by atoms with van der Waals surface area (Å²) in [5, 5.41) is 3.49. The minimum absolute atomic E-state index is 0.141. The van der Waals surface area contributed by atoms with Crippen molar-refractivity contribution in [3.05, 3.63) is 71.9 Å². The van der Waals surface area contributed by atoms with Crippen LogP contribution in [0.4, 0.5) is 15.9 Å². The second kappa shape index (κ2) is 10.0. The quantitative estimate of drug-likeness (QED) is 0.504. The standard InChI is InChI=1S/C28H32FN5O/c1-3-32-14-12-21(13-15-32)18-26(35)33-16-17-34-25(19-33)31-27(22-6-8-23(29)9-7-22)28(34)30-24-10-4-20(2)5-11-24/h4-11,16-17,21,30H,3,12-15,18-19H2,1-2H3. The first-order valence-corrected chi connectivity index (χ1v) is 12.4. The zero-order valence-corrected chi connectivity index (χ0v) is 20.4. The molecule has 0 radical (unpaired) electrons. The average molecular weight is 474 g/mol. The number of imidazole rings is 1. The number of carbonyl (C=O) groups is 1. The number of carbonyl (C=O) groups excluding carboxylic acids is 1. The lowest BCUT2D eigenvalue weighted by atomic mass is 9.93. The molecule has 2 aliphatic rings. The number of fused-ring (bicyclic) bond motifs is 1. The molecule has 3 heterocycles. The maximum Gasteiger partial charge on any atom is 0.227 e. The Labute approximate surface area is 206 Å². The number of nitrogens with zero attached hydrogens (tertiary/aromatic N) is 4. The maximum absolute atomic E-state index is 13.6. The second-order valence-electron chi connectivity index (χ2n) is 9.49. The average Bonchev–Trinajstić information content (AvgIpc) is 3.23. The second-order valence-corrected chi connectivity index (χ2v) is 9.49. The van der Waals surface area contributed by atoms with E-state index < -0.39 is 0 Å². The molecule has 1 amide bonds. The summed E-state index contributed by atoms with van der Waals surface area (Å²) in [4.78, 5) is 22.2. The zero-order valence-electron chi connectivity index (χ0n) is 20.4. The molecule has 1 fully saturated rings. The van der Waals surface area contributed by atoms with E-state index in [0.717, 1.165) is 61.1 Å². The summed E-state index contributed by atoms with van der Waals surface area (Å²) in [7, 11) is 0. The Kier molecular flexibility index (Phi) is 6.68. The summed E-state index contributed by atoms with van der Waals surface area (Å²) < 4.78 is 15.6. The van der Waals surface area contributed by atoms with Crippen LogP contribution in [0.5, 0.6) is 0 Å². The van der Waals surface area contributed by atoms with E-state index in [9.17, 15) is 9.18 Å². The van der Waals surface area contributed by atoms with Crippen molar-refractivity contribution in [2.75, 3.05) is 25.0 Å². The maximum atomic E-state index is 13.6. The Bertz CT molecular complexity index is 1210. The molecule has 2 aliphatic heterocycles. The van der Waals surface area contributed by atoms with Crippen LogP contribution < -0.4 is 5.32 Å². The summed E-state index contributed by atoms with van der Waals surface area (Å²) >= 11 is 0. The molecular weight excluding hydrogens is 441 g/mol. The van der Waals surface area contributed by atoms with E-state index >= 15 is 0 Å². The van der Waals surface area contributed by atoms with Gasteiger partial charge in [-0.2, -0.15) is 0 Å². The van der Waals surface area contributed by atoms with Gasteiger partial charge in [-0.25, -0.2) is 9.37 Å². The van der Waals surface area contributed by atoms with Gasteiger partial charge < -0.3 is 15.1 Å². The molecule has 6 nitrogen and oxygen atoms in total. The first-order valence-electron chi connectivity index (χ1n) is 12.4. The third-order valence-electron chi connectivity index (χ3n) is 7.06. The Morgan fingerprint density at radius 2 is 1.77 bits per heavy atom. The van der Waals surface area contributed by atoms with Gasteiger partial charge in [-0.05, 0) is 81.7 Å². The number of hydrogen-bond donors (Lipinski definition) is 1. The van der Waals surface area contributed by atoms with Crippen molar-refractivity contribution in [1.82, 2.24) is 19.4 Å². The van der Waals surface area contributed by atoms with E-state index in [-0.39, 0.29) is 11.7 Å². The van der Waals surface area contributed by atoms with Gasteiger partial charge in [-0.3, -0.25) is 9.36 Å². The molecule has 0 spiro atoms. The number of halogens is 1. The minimum atomic E-state index is -0.285. The lowest BCUT2D eigenvalue weighted by Gasteiger charge is -2.32. The van der Waals surface area contributed by atoms with E-state index in [0.29, 0.717) is 18.9 Å². The number of benzene rings is 2. The molecule has 5 rings (SSSR count). The third kappa shape index (κ3) is 5.15. The van der Waals surface area contributed by atoms with Crippen LogP contribution >= 0.6 is 0 Å². The lowest BCUT2D eigenvalue weighted by Crippen LogP contribution is -2.36. The smallest absolute Gasteiger partial charge is 0.227 e. The predicted octanol–water partition coefficient (Wildman–Crippen LogP) is 5.63. The Hall–Kier alpha value is -3.45. The molecule has 1 N–H and O–H groups in total. The number of likely N-dealkylation sites (tertiary alicyclic amines) is 1. The van der Waals surface area contributed by atoms with E-state index in [4.69, 9.17) is 4.98 Å². The molecule has 182 valence electrons. The van der Waals surface area contributed by atoms with Crippen LogP contribution in [-0.4, -0.2) is 44.9 Å². The van der Waals surface area contributed by atoms with Crippen molar-refractivity contribution >= 4 is 23.6 Å². The molecule has 35 heavy (non-hydrogen) atoms. The van der Waals surface area contributed by atoms with Crippen molar-refractivity contribution in [1.29, 1.82) is 0 Å². The van der Waals surface area contributed by atoms with Crippen LogP contribution in [0.15, 0.2) is 54.7 Å². The highest BCUT2D eigenvalue weighted by molar-refractivity contribution is 5.81. The topological polar surface area (TPSA) is 53.4 Å². The molecule has 1 saturated heterocycles. The van der Waals surface area contributed by atoms with E-state index in [1.54, 1.807) is 17.0 Å². The third-order valence-corrected chi connectivity index (χ3v) is 7.06. The van der Waals surface area contributed by atoms with Gasteiger partial charge in [0.05, 0.1) is 6.54 Å². The number of piperidine rings is 1. The van der Waals surface area contributed by atoms with Gasteiger partial charge in [0, 0.05) is 30.1 Å². The fraction of sp³-hybridized carbons (Fsp3) is 0.357. The first kappa shape index (κ1) is 23.3. The normalized spacial score (nSPS) is 16.4. The molecule has 0 bridgehead atoms. The number of rotatable bonds is 6. The van der Waals surface area contributed by atoms with Crippen LogP contribution in [-0.2, 0) is 11.3 Å². The monoisotopic (exact) mass is 473 g/mol. The van der Waals surface area contributed by atoms with Gasteiger partial charge in [-0.1, -0.05) is 24.6 Å². The van der Waals surface area contributed by atoms with Crippen LogP contribution in [0.2, 0.25) is 0 Å². The molecule has 3 aromatic rings. The number of anilines is 2. The molecule has 0 saturated carbocycles. The summed E-state index contributed by atoms with van der Waals surface area (Å²) in [5.41, 5.74) is 3.66. The number of amides is 1. The Balaban J connectivity index is 1.38. The fourth-order valence-corrected chi connectivity index (χ4v) is 4.85. The largest absolute Gasteiger partial charge is 0.339 e. The van der Waals surface area contributed by atoms with Crippen molar-refractivity contribution in [2.24, 2.45) is 5.92 Å². The van der Waals surface area contributed by atoms with Crippen LogP contribution in [0, 0.1) is 18.7 Å². The number of aromatic nitrogens is 2. The molecule has 0 unspecified atom stereocenters. The Morgan fingerprint density at radius 3 is 2.46 bits per heavy atom. The molecule has 7 heteroatoms. The summed E-state index contributed by atoms with van der Waals surface area (Å²) in [6.45, 7) is 7.87. The molecule has 1 aromatic heterocycles. The zero-order chi connectivity index (χ0) is 24.4. The molecule has 2 aromatic carbocycles. The van der Waals surface area contributed by atoms with Crippen LogP contribution in [0.1, 0.15) is 37.6 Å². The van der Waals surface area contributed by atoms with Crippen molar-refractivity contribution in [2.45, 2.75) is 39.7 Å². The molecule has 0 aliphatic carbocycles. The van der Waals surface area contributed by atoms with Crippen molar-refractivity contribution < 1.29 is 9.18 Å². The van der Waals surface area contributed by atoms with Gasteiger partial charge in [0.15, 0.2) is 0 Å². The number of hydrogen-bond acceptors (Lipinski definition) is 4. The van der Waals surface area contributed by atoms with E-state index in [1.165, 1.54) is 17.7 Å². The number of aryl methyl sites for hydroxylation is 1. The highest BCUT2D eigenvalue weighted by atomic mass is 19.1. The summed E-state index contributed by atoms with van der Waals surface area (Å²) in [6.07, 6.45) is 6.47. The minimum Gasteiger partial charge on any atom is -0.339 e. The van der Waals surface area contributed by atoms with E-state index in [1.807, 2.05) is 29.1 Å². The van der Waals surface area contributed by atoms with Gasteiger partial charge in [0.2, 0.25) is 5.91 Å². The van der Waals surface area contributed by atoms with Crippen LogP contribution in [0.25, 0.3) is 17.5 Å².